The molecule has 0 bridgehead atoms. The molecule has 0 aromatic heterocycles. The summed E-state index contributed by atoms with van der Waals surface area (Å²) in [5.41, 5.74) is -1.05. The molecule has 3 N–H and O–H groups in total. The zero-order valence-corrected chi connectivity index (χ0v) is 27.8. The number of allylic oxidation sites excluding steroid dienone is 3. The molecular formula is C34H57N3O7. The zero-order chi connectivity index (χ0) is 32.6. The number of aliphatic hydroxyl groups excluding tert-OH is 1. The SMILES string of the molecule is C=C(C)OC[C@@H]1CC(O)=CN1C(=O)CCCCCNC(=O)C(C)(C)CCOC(C)(C)CCNC(=O)OC1CC/C=C/CCC1. The molecular weight excluding hydrogens is 562 g/mol. The molecule has 0 aromatic carbocycles. The molecule has 250 valence electrons. The fraction of sp³-hybridized carbons (Fsp3) is 0.735. The van der Waals surface area contributed by atoms with Crippen LogP contribution in [0.25, 0.3) is 0 Å². The van der Waals surface area contributed by atoms with E-state index in [1.165, 1.54) is 6.20 Å². The van der Waals surface area contributed by atoms with Gasteiger partial charge in [-0.2, -0.15) is 0 Å². The Bertz CT molecular complexity index is 1000. The van der Waals surface area contributed by atoms with E-state index in [1.54, 1.807) is 11.8 Å². The number of hydrogen-bond donors (Lipinski definition) is 3. The molecule has 0 spiro atoms. The molecule has 1 heterocycles. The highest BCUT2D eigenvalue weighted by Crippen LogP contribution is 2.24. The molecule has 3 amide bonds. The third-order valence-corrected chi connectivity index (χ3v) is 8.11. The average Bonchev–Trinajstić information content (AvgIpc) is 3.30. The zero-order valence-electron chi connectivity index (χ0n) is 27.8. The minimum Gasteiger partial charge on any atom is -0.511 e. The van der Waals surface area contributed by atoms with Crippen molar-refractivity contribution in [1.82, 2.24) is 15.5 Å². The second-order valence-electron chi connectivity index (χ2n) is 13.3. The Labute approximate surface area is 264 Å². The van der Waals surface area contributed by atoms with Crippen LogP contribution in [0.1, 0.15) is 112 Å². The summed E-state index contributed by atoms with van der Waals surface area (Å²) in [4.78, 5) is 39.3. The van der Waals surface area contributed by atoms with Gasteiger partial charge in [0.15, 0.2) is 0 Å². The van der Waals surface area contributed by atoms with Crippen LogP contribution in [-0.4, -0.2) is 72.0 Å². The molecule has 0 aromatic rings. The molecule has 1 aliphatic heterocycles. The van der Waals surface area contributed by atoms with Crippen LogP contribution in [0, 0.1) is 5.41 Å². The number of rotatable bonds is 18. The maximum atomic E-state index is 12.8. The van der Waals surface area contributed by atoms with E-state index in [0.717, 1.165) is 44.9 Å². The molecule has 0 saturated heterocycles. The van der Waals surface area contributed by atoms with Crippen molar-refractivity contribution in [2.45, 2.75) is 129 Å². The van der Waals surface area contributed by atoms with E-state index < -0.39 is 11.0 Å². The number of hydrogen-bond acceptors (Lipinski definition) is 7. The fourth-order valence-electron chi connectivity index (χ4n) is 5.13. The van der Waals surface area contributed by atoms with Gasteiger partial charge in [0, 0.05) is 44.2 Å². The molecule has 0 radical (unpaired) electrons. The van der Waals surface area contributed by atoms with Crippen molar-refractivity contribution in [3.63, 3.8) is 0 Å². The van der Waals surface area contributed by atoms with Crippen LogP contribution >= 0.6 is 0 Å². The molecule has 2 aliphatic rings. The number of amides is 3. The van der Waals surface area contributed by atoms with Gasteiger partial charge in [-0.1, -0.05) is 39.0 Å². The smallest absolute Gasteiger partial charge is 0.407 e. The minimum atomic E-state index is -0.591. The van der Waals surface area contributed by atoms with E-state index in [0.29, 0.717) is 64.2 Å². The summed E-state index contributed by atoms with van der Waals surface area (Å²) in [5, 5.41) is 15.7. The topological polar surface area (TPSA) is 126 Å². The second kappa shape index (κ2) is 18.7. The van der Waals surface area contributed by atoms with Gasteiger partial charge in [0.25, 0.3) is 0 Å². The van der Waals surface area contributed by atoms with Crippen LogP contribution in [0.2, 0.25) is 0 Å². The predicted octanol–water partition coefficient (Wildman–Crippen LogP) is 6.43. The van der Waals surface area contributed by atoms with Gasteiger partial charge in [-0.25, -0.2) is 4.79 Å². The average molecular weight is 620 g/mol. The number of nitrogens with zero attached hydrogens (tertiary/aromatic N) is 1. The van der Waals surface area contributed by atoms with Gasteiger partial charge in [0.05, 0.1) is 17.4 Å². The number of carbonyl (C=O) groups excluding carboxylic acids is 3. The molecule has 1 aliphatic carbocycles. The largest absolute Gasteiger partial charge is 0.511 e. The van der Waals surface area contributed by atoms with Gasteiger partial charge in [0.1, 0.15) is 18.5 Å². The summed E-state index contributed by atoms with van der Waals surface area (Å²) in [7, 11) is 0. The first-order chi connectivity index (χ1) is 20.8. The Morgan fingerprint density at radius 1 is 1.02 bits per heavy atom. The molecule has 2 atom stereocenters. The maximum Gasteiger partial charge on any atom is 0.407 e. The van der Waals surface area contributed by atoms with Crippen LogP contribution in [0.5, 0.6) is 0 Å². The van der Waals surface area contributed by atoms with Crippen LogP contribution < -0.4 is 10.6 Å². The summed E-state index contributed by atoms with van der Waals surface area (Å²) < 4.78 is 17.1. The molecule has 44 heavy (non-hydrogen) atoms. The first-order valence-corrected chi connectivity index (χ1v) is 16.3. The predicted molar refractivity (Wildman–Crippen MR) is 172 cm³/mol. The quantitative estimate of drug-likeness (QED) is 0.0917. The highest BCUT2D eigenvalue weighted by Gasteiger charge is 2.30. The highest BCUT2D eigenvalue weighted by atomic mass is 16.6. The fourth-order valence-corrected chi connectivity index (χ4v) is 5.13. The number of nitrogens with one attached hydrogen (secondary N) is 2. The number of ether oxygens (including phenoxy) is 3. The first kappa shape index (κ1) is 37.2. The standard InChI is InChI=1S/C34H57N3O7/c1-26(2)42-25-27-23-28(38)24-37(27)30(39)17-13-10-14-20-35-31(40)33(3,4)19-22-43-34(5,6)18-21-36-32(41)44-29-15-11-8-7-9-12-16-29/h7-8,24,27,29,38H,1,9-23,25H2,2-6H3,(H,35,40)(H,36,41)/b8-7+/t27-,29?/m0/s1. The number of aliphatic hydroxyl groups is 1. The Kier molecular flexibility index (Phi) is 15.8. The van der Waals surface area contributed by atoms with Crippen LogP contribution in [-0.2, 0) is 23.8 Å². The van der Waals surface area contributed by atoms with Crippen molar-refractivity contribution >= 4 is 17.9 Å². The van der Waals surface area contributed by atoms with Crippen molar-refractivity contribution in [1.29, 1.82) is 0 Å². The van der Waals surface area contributed by atoms with Gasteiger partial charge in [-0.3, -0.25) is 9.59 Å². The summed E-state index contributed by atoms with van der Waals surface area (Å²) in [6.45, 7) is 15.0. The lowest BCUT2D eigenvalue weighted by Gasteiger charge is -2.29. The van der Waals surface area contributed by atoms with Gasteiger partial charge in [-0.15, -0.1) is 0 Å². The lowest BCUT2D eigenvalue weighted by atomic mass is 9.88. The summed E-state index contributed by atoms with van der Waals surface area (Å²) >= 11 is 0. The summed E-state index contributed by atoms with van der Waals surface area (Å²) in [6, 6.07) is -0.214. The van der Waals surface area contributed by atoms with Crippen LogP contribution in [0.4, 0.5) is 4.79 Å². The normalized spacial score (nSPS) is 19.8. The molecule has 10 nitrogen and oxygen atoms in total. The van der Waals surface area contributed by atoms with Gasteiger partial charge < -0.3 is 34.9 Å². The lowest BCUT2D eigenvalue weighted by molar-refractivity contribution is -0.132. The lowest BCUT2D eigenvalue weighted by Crippen LogP contribution is -2.39. The van der Waals surface area contributed by atoms with E-state index in [9.17, 15) is 19.5 Å². The Morgan fingerprint density at radius 3 is 2.52 bits per heavy atom. The van der Waals surface area contributed by atoms with E-state index in [1.807, 2.05) is 27.7 Å². The molecule has 0 saturated carbocycles. The van der Waals surface area contributed by atoms with E-state index in [-0.39, 0.29) is 35.8 Å². The van der Waals surface area contributed by atoms with Gasteiger partial charge in [0.2, 0.25) is 11.8 Å². The van der Waals surface area contributed by atoms with Crippen molar-refractivity contribution in [3.05, 3.63) is 36.4 Å². The van der Waals surface area contributed by atoms with E-state index in [2.05, 4.69) is 29.4 Å². The summed E-state index contributed by atoms with van der Waals surface area (Å²) in [6.07, 6.45) is 14.4. The number of alkyl carbamates (subject to hydrolysis) is 1. The number of unbranched alkanes of at least 4 members (excludes halogenated alkanes) is 2. The minimum absolute atomic E-state index is 0.0258. The Balaban J connectivity index is 1.57. The van der Waals surface area contributed by atoms with Gasteiger partial charge >= 0.3 is 6.09 Å². The highest BCUT2D eigenvalue weighted by molar-refractivity contribution is 5.81. The number of carbonyl (C=O) groups is 3. The molecule has 10 heteroatoms. The second-order valence-corrected chi connectivity index (χ2v) is 13.3. The Hall–Kier alpha value is -3.01. The summed E-state index contributed by atoms with van der Waals surface area (Å²) in [5.74, 6) is 0.686. The Morgan fingerprint density at radius 2 is 1.77 bits per heavy atom. The third-order valence-electron chi connectivity index (χ3n) is 8.11. The molecule has 2 rings (SSSR count). The third kappa shape index (κ3) is 14.6. The van der Waals surface area contributed by atoms with Crippen LogP contribution in [0.15, 0.2) is 36.4 Å². The van der Waals surface area contributed by atoms with Gasteiger partial charge in [-0.05, 0) is 78.6 Å². The van der Waals surface area contributed by atoms with Crippen LogP contribution in [0.3, 0.4) is 0 Å². The molecule has 1 unspecified atom stereocenters. The van der Waals surface area contributed by atoms with E-state index >= 15 is 0 Å². The van der Waals surface area contributed by atoms with E-state index in [4.69, 9.17) is 14.2 Å². The first-order valence-electron chi connectivity index (χ1n) is 16.3. The monoisotopic (exact) mass is 619 g/mol. The van der Waals surface area contributed by atoms with Crippen molar-refractivity contribution < 1.29 is 33.7 Å². The van der Waals surface area contributed by atoms with Crippen molar-refractivity contribution in [2.24, 2.45) is 5.41 Å². The van der Waals surface area contributed by atoms with Crippen molar-refractivity contribution in [3.8, 4) is 0 Å². The molecule has 0 fully saturated rings. The van der Waals surface area contributed by atoms with Crippen molar-refractivity contribution in [2.75, 3.05) is 26.3 Å². The maximum absolute atomic E-state index is 12.8.